The molecule has 0 fully saturated rings. The second kappa shape index (κ2) is 10.7. The fourth-order valence-electron chi connectivity index (χ4n) is 2.61. The van der Waals surface area contributed by atoms with Gasteiger partial charge in [0, 0.05) is 12.6 Å². The van der Waals surface area contributed by atoms with E-state index >= 15 is 0 Å². The maximum Gasteiger partial charge on any atom is 0.261 e. The Morgan fingerprint density at radius 1 is 1.00 bits per heavy atom. The van der Waals surface area contributed by atoms with Crippen molar-refractivity contribution in [3.05, 3.63) is 63.1 Å². The maximum atomic E-state index is 12.9. The minimum absolute atomic E-state index is 0.0498. The number of benzene rings is 2. The Bertz CT molecular complexity index is 874. The highest BCUT2D eigenvalue weighted by Crippen LogP contribution is 2.25. The van der Waals surface area contributed by atoms with Crippen LogP contribution in [0.3, 0.4) is 0 Å². The molecule has 0 saturated heterocycles. The first-order chi connectivity index (χ1) is 13.7. The number of hydrogen-bond acceptors (Lipinski definition) is 3. The minimum atomic E-state index is -0.714. The fraction of sp³-hybridized carbons (Fsp3) is 0.333. The molecule has 2 amide bonds. The molecule has 0 radical (unpaired) electrons. The number of carbonyl (C=O) groups is 2. The molecule has 0 aliphatic rings. The fourth-order valence-corrected chi connectivity index (χ4v) is 3.12. The van der Waals surface area contributed by atoms with E-state index in [-0.39, 0.29) is 31.0 Å². The van der Waals surface area contributed by atoms with Gasteiger partial charge in [-0.05, 0) is 50.6 Å². The van der Waals surface area contributed by atoms with Crippen LogP contribution in [-0.4, -0.2) is 35.4 Å². The molecule has 29 heavy (non-hydrogen) atoms. The highest BCUT2D eigenvalue weighted by Gasteiger charge is 2.27. The molecule has 0 aliphatic heterocycles. The van der Waals surface area contributed by atoms with Gasteiger partial charge in [0.2, 0.25) is 5.91 Å². The molecule has 2 rings (SSSR count). The first-order valence-corrected chi connectivity index (χ1v) is 10.2. The molecule has 0 aliphatic carbocycles. The highest BCUT2D eigenvalue weighted by molar-refractivity contribution is 6.42. The molecule has 1 N–H and O–H groups in total. The van der Waals surface area contributed by atoms with Gasteiger partial charge in [-0.25, -0.2) is 0 Å². The van der Waals surface area contributed by atoms with Gasteiger partial charge in [-0.3, -0.25) is 9.59 Å². The van der Waals surface area contributed by atoms with Gasteiger partial charge in [0.15, 0.2) is 6.61 Å². The van der Waals surface area contributed by atoms with E-state index in [0.29, 0.717) is 20.8 Å². The van der Waals surface area contributed by atoms with E-state index in [0.717, 1.165) is 5.56 Å². The number of ether oxygens (including phenoxy) is 1. The number of para-hydroxylation sites is 1. The lowest BCUT2D eigenvalue weighted by atomic mass is 10.1. The Labute approximate surface area is 185 Å². The SMILES string of the molecule is CC(C)NC(=O)[C@H](C)N(Cc1ccc(Cl)c(Cl)c1)C(=O)COc1ccccc1Cl. The van der Waals surface area contributed by atoms with Gasteiger partial charge in [0.05, 0.1) is 15.1 Å². The normalized spacial score (nSPS) is 11.8. The van der Waals surface area contributed by atoms with E-state index in [4.69, 9.17) is 39.5 Å². The van der Waals surface area contributed by atoms with E-state index < -0.39 is 6.04 Å². The van der Waals surface area contributed by atoms with Crippen LogP contribution in [0.25, 0.3) is 0 Å². The maximum absolute atomic E-state index is 12.9. The Morgan fingerprint density at radius 2 is 1.69 bits per heavy atom. The van der Waals surface area contributed by atoms with Crippen LogP contribution in [-0.2, 0) is 16.1 Å². The lowest BCUT2D eigenvalue weighted by Gasteiger charge is -2.29. The van der Waals surface area contributed by atoms with Gasteiger partial charge in [-0.1, -0.05) is 53.0 Å². The minimum Gasteiger partial charge on any atom is -0.482 e. The molecule has 0 aromatic heterocycles. The summed E-state index contributed by atoms with van der Waals surface area (Å²) in [6.07, 6.45) is 0. The summed E-state index contributed by atoms with van der Waals surface area (Å²) in [4.78, 5) is 26.9. The summed E-state index contributed by atoms with van der Waals surface area (Å²) >= 11 is 18.1. The molecule has 0 unspecified atom stereocenters. The Hall–Kier alpha value is -1.95. The zero-order chi connectivity index (χ0) is 21.6. The third-order valence-electron chi connectivity index (χ3n) is 4.12. The molecule has 2 aromatic rings. The summed E-state index contributed by atoms with van der Waals surface area (Å²) in [6.45, 7) is 5.30. The van der Waals surface area contributed by atoms with Crippen LogP contribution >= 0.6 is 34.8 Å². The van der Waals surface area contributed by atoms with Crippen LogP contribution in [0.4, 0.5) is 0 Å². The smallest absolute Gasteiger partial charge is 0.261 e. The van der Waals surface area contributed by atoms with Crippen molar-refractivity contribution in [2.24, 2.45) is 0 Å². The van der Waals surface area contributed by atoms with Crippen molar-refractivity contribution < 1.29 is 14.3 Å². The van der Waals surface area contributed by atoms with Crippen molar-refractivity contribution in [1.82, 2.24) is 10.2 Å². The molecule has 2 aromatic carbocycles. The van der Waals surface area contributed by atoms with Gasteiger partial charge in [0.1, 0.15) is 11.8 Å². The molecule has 0 spiro atoms. The van der Waals surface area contributed by atoms with E-state index in [2.05, 4.69) is 5.32 Å². The van der Waals surface area contributed by atoms with Gasteiger partial charge in [-0.15, -0.1) is 0 Å². The zero-order valence-corrected chi connectivity index (χ0v) is 18.7. The molecule has 0 saturated carbocycles. The van der Waals surface area contributed by atoms with Crippen molar-refractivity contribution in [3.8, 4) is 5.75 Å². The van der Waals surface area contributed by atoms with Crippen LogP contribution in [0.5, 0.6) is 5.75 Å². The summed E-state index contributed by atoms with van der Waals surface area (Å²) in [5.74, 6) is -0.218. The predicted octanol–water partition coefficient (Wildman–Crippen LogP) is 4.97. The summed E-state index contributed by atoms with van der Waals surface area (Å²) in [5.41, 5.74) is 0.745. The van der Waals surface area contributed by atoms with Crippen LogP contribution in [0.15, 0.2) is 42.5 Å². The van der Waals surface area contributed by atoms with Gasteiger partial charge >= 0.3 is 0 Å². The van der Waals surface area contributed by atoms with Gasteiger partial charge in [0.25, 0.3) is 5.91 Å². The van der Waals surface area contributed by atoms with Crippen molar-refractivity contribution in [2.45, 2.75) is 39.4 Å². The van der Waals surface area contributed by atoms with Crippen LogP contribution in [0.1, 0.15) is 26.3 Å². The van der Waals surface area contributed by atoms with Crippen molar-refractivity contribution in [1.29, 1.82) is 0 Å². The quantitative estimate of drug-likeness (QED) is 0.609. The number of hydrogen-bond donors (Lipinski definition) is 1. The molecule has 156 valence electrons. The lowest BCUT2D eigenvalue weighted by Crippen LogP contribution is -2.50. The van der Waals surface area contributed by atoms with Gasteiger partial charge in [-0.2, -0.15) is 0 Å². The van der Waals surface area contributed by atoms with E-state index in [1.807, 2.05) is 13.8 Å². The van der Waals surface area contributed by atoms with Crippen molar-refractivity contribution in [2.75, 3.05) is 6.61 Å². The molecule has 0 heterocycles. The molecule has 5 nitrogen and oxygen atoms in total. The third-order valence-corrected chi connectivity index (χ3v) is 5.17. The first kappa shape index (κ1) is 23.3. The second-order valence-corrected chi connectivity index (χ2v) is 8.05. The highest BCUT2D eigenvalue weighted by atomic mass is 35.5. The number of nitrogens with one attached hydrogen (secondary N) is 1. The van der Waals surface area contributed by atoms with Crippen LogP contribution in [0, 0.1) is 0 Å². The van der Waals surface area contributed by atoms with E-state index in [9.17, 15) is 9.59 Å². The number of rotatable bonds is 8. The van der Waals surface area contributed by atoms with Crippen LogP contribution in [0.2, 0.25) is 15.1 Å². The number of carbonyl (C=O) groups excluding carboxylic acids is 2. The predicted molar refractivity (Wildman–Crippen MR) is 117 cm³/mol. The first-order valence-electron chi connectivity index (χ1n) is 9.10. The van der Waals surface area contributed by atoms with Crippen LogP contribution < -0.4 is 10.1 Å². The number of amides is 2. The monoisotopic (exact) mass is 456 g/mol. The Morgan fingerprint density at radius 3 is 2.31 bits per heavy atom. The van der Waals surface area contributed by atoms with E-state index in [1.165, 1.54) is 4.90 Å². The van der Waals surface area contributed by atoms with Crippen molar-refractivity contribution in [3.63, 3.8) is 0 Å². The second-order valence-electron chi connectivity index (χ2n) is 6.83. The van der Waals surface area contributed by atoms with E-state index in [1.54, 1.807) is 49.4 Å². The lowest BCUT2D eigenvalue weighted by molar-refractivity contribution is -0.142. The summed E-state index contributed by atoms with van der Waals surface area (Å²) in [6, 6.07) is 11.2. The molecule has 1 atom stereocenters. The zero-order valence-electron chi connectivity index (χ0n) is 16.4. The Kier molecular flexibility index (Phi) is 8.62. The third kappa shape index (κ3) is 6.81. The topological polar surface area (TPSA) is 58.6 Å². The average Bonchev–Trinajstić information content (AvgIpc) is 2.67. The number of nitrogens with zero attached hydrogens (tertiary/aromatic N) is 1. The molecular weight excluding hydrogens is 435 g/mol. The Balaban J connectivity index is 2.20. The molecular formula is C21H23Cl3N2O3. The summed E-state index contributed by atoms with van der Waals surface area (Å²) in [5, 5.41) is 4.03. The standard InChI is InChI=1S/C21H23Cl3N2O3/c1-13(2)25-21(28)14(3)26(11-15-8-9-16(22)18(24)10-15)20(27)12-29-19-7-5-4-6-17(19)23/h4-10,13-14H,11-12H2,1-3H3,(H,25,28)/t14-/m0/s1. The van der Waals surface area contributed by atoms with Crippen molar-refractivity contribution >= 4 is 46.6 Å². The molecule has 0 bridgehead atoms. The molecule has 8 heteroatoms. The summed E-state index contributed by atoms with van der Waals surface area (Å²) < 4.78 is 5.57. The average molecular weight is 458 g/mol. The summed E-state index contributed by atoms with van der Waals surface area (Å²) in [7, 11) is 0. The number of halogens is 3. The van der Waals surface area contributed by atoms with Gasteiger partial charge < -0.3 is 15.0 Å². The largest absolute Gasteiger partial charge is 0.482 e.